The second-order valence-corrected chi connectivity index (χ2v) is 13.3. The average molecular weight is 634 g/mol. The number of benzene rings is 6. The number of thiophene rings is 1. The van der Waals surface area contributed by atoms with Crippen molar-refractivity contribution in [3.8, 4) is 44.5 Å². The minimum atomic E-state index is -0.410. The van der Waals surface area contributed by atoms with Crippen LogP contribution in [0.25, 0.3) is 44.5 Å². The van der Waals surface area contributed by atoms with Crippen LogP contribution < -0.4 is 5.32 Å². The van der Waals surface area contributed by atoms with E-state index in [2.05, 4.69) is 150 Å². The molecule has 0 fully saturated rings. The van der Waals surface area contributed by atoms with Gasteiger partial charge in [-0.05, 0) is 96.9 Å². The molecule has 0 bridgehead atoms. The van der Waals surface area contributed by atoms with Crippen molar-refractivity contribution in [2.45, 2.75) is 5.41 Å². The fraction of sp³-hybridized carbons (Fsp3) is 0.0455. The smallest absolute Gasteiger partial charge is 0.154 e. The molecule has 4 heteroatoms. The van der Waals surface area contributed by atoms with Crippen LogP contribution >= 0.6 is 11.3 Å². The molecule has 2 aliphatic carbocycles. The van der Waals surface area contributed by atoms with Gasteiger partial charge in [0.05, 0.1) is 5.41 Å². The number of nitrogens with one attached hydrogen (secondary N) is 2. The summed E-state index contributed by atoms with van der Waals surface area (Å²) < 4.78 is 0. The number of hydrogen-bond donors (Lipinski definition) is 2. The van der Waals surface area contributed by atoms with Gasteiger partial charge in [0, 0.05) is 23.1 Å². The molecule has 0 radical (unpaired) electrons. The first-order valence-electron chi connectivity index (χ1n) is 16.2. The molecular formula is C44H31N3S. The van der Waals surface area contributed by atoms with E-state index in [0.717, 1.165) is 33.4 Å². The SMILES string of the molecule is CN/C(=N\C(=N)c1ccc2c(c1)C1(c3ccccc3-2)c2ccccc2-c2ccsc21)c1cc(-c2ccccc2)cc(-c2ccccc2)c1. The highest BCUT2D eigenvalue weighted by Crippen LogP contribution is 2.64. The van der Waals surface area contributed by atoms with Crippen LogP contribution in [0.15, 0.2) is 162 Å². The summed E-state index contributed by atoms with van der Waals surface area (Å²) in [6.07, 6.45) is 0. The lowest BCUT2D eigenvalue weighted by atomic mass is 9.73. The van der Waals surface area contributed by atoms with E-state index < -0.39 is 5.41 Å². The second kappa shape index (κ2) is 11.2. The molecule has 9 rings (SSSR count). The fourth-order valence-electron chi connectivity index (χ4n) is 7.74. The highest BCUT2D eigenvalue weighted by molar-refractivity contribution is 7.11. The Bertz CT molecular complexity index is 2350. The Hall–Kier alpha value is -5.84. The van der Waals surface area contributed by atoms with Gasteiger partial charge in [-0.3, -0.25) is 5.41 Å². The summed E-state index contributed by atoms with van der Waals surface area (Å²) in [5, 5.41) is 14.9. The molecule has 1 atom stereocenters. The predicted octanol–water partition coefficient (Wildman–Crippen LogP) is 10.4. The quantitative estimate of drug-likeness (QED) is 0.147. The van der Waals surface area contributed by atoms with Gasteiger partial charge in [-0.15, -0.1) is 11.3 Å². The maximum atomic E-state index is 9.37. The van der Waals surface area contributed by atoms with Crippen LogP contribution in [0, 0.1) is 5.41 Å². The molecule has 48 heavy (non-hydrogen) atoms. The summed E-state index contributed by atoms with van der Waals surface area (Å²) in [6, 6.07) is 53.7. The molecule has 0 saturated carbocycles. The topological polar surface area (TPSA) is 48.2 Å². The molecule has 0 amide bonds. The molecular weight excluding hydrogens is 603 g/mol. The predicted molar refractivity (Wildman–Crippen MR) is 200 cm³/mol. The number of hydrogen-bond acceptors (Lipinski definition) is 2. The standard InChI is InChI=1S/C44H31N3S/c1-46-43(33-25-31(28-12-4-2-5-13-28)24-32(26-33)29-14-6-3-7-15-29)47-42(45)30-20-21-36-34-16-8-10-18-38(34)44(40(36)27-30)39-19-11-9-17-35(39)37-22-23-48-41(37)44/h2-27H,1H3,(H2,45,46,47). The molecule has 228 valence electrons. The molecule has 2 N–H and O–H groups in total. The Morgan fingerprint density at radius 2 is 1.10 bits per heavy atom. The van der Waals surface area contributed by atoms with Crippen molar-refractivity contribution in [2.75, 3.05) is 7.05 Å². The minimum Gasteiger partial charge on any atom is -0.373 e. The maximum Gasteiger partial charge on any atom is 0.154 e. The number of fused-ring (bicyclic) bond motifs is 10. The van der Waals surface area contributed by atoms with Gasteiger partial charge >= 0.3 is 0 Å². The average Bonchev–Trinajstić information content (AvgIpc) is 3.83. The van der Waals surface area contributed by atoms with Crippen molar-refractivity contribution in [1.82, 2.24) is 5.32 Å². The first-order chi connectivity index (χ1) is 23.7. The molecule has 0 aliphatic heterocycles. The molecule has 6 aromatic carbocycles. The molecule has 1 heterocycles. The Balaban J connectivity index is 1.18. The fourth-order valence-corrected chi connectivity index (χ4v) is 8.89. The summed E-state index contributed by atoms with van der Waals surface area (Å²) in [7, 11) is 1.88. The Morgan fingerprint density at radius 1 is 0.542 bits per heavy atom. The van der Waals surface area contributed by atoms with Crippen molar-refractivity contribution < 1.29 is 0 Å². The van der Waals surface area contributed by atoms with E-state index in [0.29, 0.717) is 5.84 Å². The van der Waals surface area contributed by atoms with E-state index in [1.54, 1.807) is 0 Å². The third-order valence-electron chi connectivity index (χ3n) is 9.83. The molecule has 1 unspecified atom stereocenters. The minimum absolute atomic E-state index is 0.220. The molecule has 0 saturated heterocycles. The summed E-state index contributed by atoms with van der Waals surface area (Å²) in [6.45, 7) is 0. The summed E-state index contributed by atoms with van der Waals surface area (Å²) >= 11 is 1.83. The van der Waals surface area contributed by atoms with Gasteiger partial charge in [0.15, 0.2) is 5.84 Å². The molecule has 3 nitrogen and oxygen atoms in total. The largest absolute Gasteiger partial charge is 0.373 e. The second-order valence-electron chi connectivity index (χ2n) is 12.4. The van der Waals surface area contributed by atoms with Gasteiger partial charge in [0.25, 0.3) is 0 Å². The van der Waals surface area contributed by atoms with E-state index in [-0.39, 0.29) is 5.84 Å². The third kappa shape index (κ3) is 4.20. The number of rotatable bonds is 4. The number of aliphatic imine (C=N–C) groups is 1. The van der Waals surface area contributed by atoms with Gasteiger partial charge in [-0.1, -0.05) is 121 Å². The van der Waals surface area contributed by atoms with E-state index in [4.69, 9.17) is 4.99 Å². The van der Waals surface area contributed by atoms with Crippen LogP contribution in [0.3, 0.4) is 0 Å². The van der Waals surface area contributed by atoms with Gasteiger partial charge in [0.1, 0.15) is 5.84 Å². The van der Waals surface area contributed by atoms with Gasteiger partial charge in [0.2, 0.25) is 0 Å². The first-order valence-corrected chi connectivity index (χ1v) is 17.1. The zero-order valence-corrected chi connectivity index (χ0v) is 27.2. The molecule has 7 aromatic rings. The molecule has 1 spiro atoms. The Labute approximate surface area is 284 Å². The summed E-state index contributed by atoms with van der Waals surface area (Å²) in [5.74, 6) is 0.873. The summed E-state index contributed by atoms with van der Waals surface area (Å²) in [5.41, 5.74) is 14.7. The van der Waals surface area contributed by atoms with Gasteiger partial charge in [-0.2, -0.15) is 0 Å². The van der Waals surface area contributed by atoms with Crippen LogP contribution in [0.2, 0.25) is 0 Å². The highest BCUT2D eigenvalue weighted by atomic mass is 32.1. The zero-order chi connectivity index (χ0) is 32.2. The van der Waals surface area contributed by atoms with Crippen molar-refractivity contribution in [2.24, 2.45) is 4.99 Å². The zero-order valence-electron chi connectivity index (χ0n) is 26.4. The normalized spacial score (nSPS) is 15.5. The lowest BCUT2D eigenvalue weighted by Crippen LogP contribution is -2.25. The monoisotopic (exact) mass is 633 g/mol. The van der Waals surface area contributed by atoms with Crippen LogP contribution in [0.5, 0.6) is 0 Å². The molecule has 1 aromatic heterocycles. The summed E-state index contributed by atoms with van der Waals surface area (Å²) in [4.78, 5) is 6.32. The number of nitrogens with zero attached hydrogens (tertiary/aromatic N) is 1. The van der Waals surface area contributed by atoms with Crippen LogP contribution in [0.4, 0.5) is 0 Å². The van der Waals surface area contributed by atoms with E-state index in [9.17, 15) is 5.41 Å². The van der Waals surface area contributed by atoms with Crippen LogP contribution in [-0.4, -0.2) is 18.7 Å². The highest BCUT2D eigenvalue weighted by Gasteiger charge is 2.52. The maximum absolute atomic E-state index is 9.37. The molecule has 2 aliphatic rings. The lowest BCUT2D eigenvalue weighted by Gasteiger charge is -2.29. The Morgan fingerprint density at radius 3 is 1.73 bits per heavy atom. The van der Waals surface area contributed by atoms with Crippen molar-refractivity contribution in [1.29, 1.82) is 5.41 Å². The van der Waals surface area contributed by atoms with Crippen molar-refractivity contribution in [3.05, 3.63) is 190 Å². The van der Waals surface area contributed by atoms with Crippen molar-refractivity contribution >= 4 is 23.0 Å². The van der Waals surface area contributed by atoms with Gasteiger partial charge in [-0.25, -0.2) is 4.99 Å². The van der Waals surface area contributed by atoms with Crippen LogP contribution in [0.1, 0.15) is 32.7 Å². The first kappa shape index (κ1) is 28.4. The lowest BCUT2D eigenvalue weighted by molar-refractivity contribution is 0.811. The van der Waals surface area contributed by atoms with Gasteiger partial charge < -0.3 is 5.32 Å². The van der Waals surface area contributed by atoms with E-state index >= 15 is 0 Å². The van der Waals surface area contributed by atoms with E-state index in [1.165, 1.54) is 43.8 Å². The third-order valence-corrected chi connectivity index (χ3v) is 10.9. The number of amidine groups is 2. The van der Waals surface area contributed by atoms with Crippen LogP contribution in [-0.2, 0) is 5.41 Å². The van der Waals surface area contributed by atoms with Crippen molar-refractivity contribution in [3.63, 3.8) is 0 Å². The van der Waals surface area contributed by atoms with E-state index in [1.807, 2.05) is 30.5 Å². The Kier molecular flexibility index (Phi) is 6.59.